The average molecular weight is 342 g/mol. The van der Waals surface area contributed by atoms with E-state index in [0.717, 1.165) is 12.8 Å². The molecule has 0 aliphatic carbocycles. The van der Waals surface area contributed by atoms with Crippen molar-refractivity contribution in [2.45, 2.75) is 64.7 Å². The molecule has 1 aliphatic heterocycles. The maximum absolute atomic E-state index is 12.3. The minimum Gasteiger partial charge on any atom is -0.473 e. The Morgan fingerprint density at radius 2 is 2.13 bits per heavy atom. The van der Waals surface area contributed by atoms with Crippen LogP contribution in [0.4, 0.5) is 4.79 Å². The molecule has 1 aromatic rings. The normalized spacial score (nSPS) is 22.4. The number of rotatable bonds is 2. The number of nitrogens with zero attached hydrogens (tertiary/aromatic N) is 3. The van der Waals surface area contributed by atoms with Crippen LogP contribution in [0.2, 0.25) is 5.15 Å². The summed E-state index contributed by atoms with van der Waals surface area (Å²) in [5.74, 6) is 0.417. The van der Waals surface area contributed by atoms with Gasteiger partial charge in [-0.15, -0.1) is 0 Å². The van der Waals surface area contributed by atoms with Crippen LogP contribution in [-0.2, 0) is 4.74 Å². The van der Waals surface area contributed by atoms with Crippen LogP contribution < -0.4 is 4.74 Å². The molecule has 1 aromatic heterocycles. The van der Waals surface area contributed by atoms with Crippen LogP contribution in [0.1, 0.15) is 47.0 Å². The van der Waals surface area contributed by atoms with E-state index in [-0.39, 0.29) is 18.2 Å². The van der Waals surface area contributed by atoms with Gasteiger partial charge < -0.3 is 14.4 Å². The Morgan fingerprint density at radius 3 is 2.78 bits per heavy atom. The van der Waals surface area contributed by atoms with E-state index < -0.39 is 5.60 Å². The smallest absolute Gasteiger partial charge is 0.410 e. The van der Waals surface area contributed by atoms with Crippen molar-refractivity contribution in [2.75, 3.05) is 6.54 Å². The first-order chi connectivity index (χ1) is 10.7. The quantitative estimate of drug-likeness (QED) is 0.820. The third-order valence-corrected chi connectivity index (χ3v) is 3.74. The van der Waals surface area contributed by atoms with Crippen molar-refractivity contribution in [3.8, 4) is 5.88 Å². The zero-order valence-electron chi connectivity index (χ0n) is 14.1. The van der Waals surface area contributed by atoms with E-state index in [1.165, 1.54) is 6.20 Å². The van der Waals surface area contributed by atoms with Crippen LogP contribution in [0.5, 0.6) is 5.88 Å². The second-order valence-electron chi connectivity index (χ2n) is 6.82. The Labute approximate surface area is 142 Å². The molecule has 0 aromatic carbocycles. The Balaban J connectivity index is 1.97. The van der Waals surface area contributed by atoms with E-state index in [1.807, 2.05) is 27.7 Å². The molecule has 2 heterocycles. The van der Waals surface area contributed by atoms with Crippen LogP contribution >= 0.6 is 11.6 Å². The second-order valence-corrected chi connectivity index (χ2v) is 7.21. The molecule has 0 spiro atoms. The molecule has 0 radical (unpaired) electrons. The zero-order chi connectivity index (χ0) is 17.0. The molecule has 1 aliphatic rings. The Hall–Kier alpha value is -1.56. The number of likely N-dealkylation sites (tertiary alicyclic amines) is 1. The summed E-state index contributed by atoms with van der Waals surface area (Å²) in [5.41, 5.74) is -0.491. The van der Waals surface area contributed by atoms with Gasteiger partial charge in [0.2, 0.25) is 5.88 Å². The van der Waals surface area contributed by atoms with Gasteiger partial charge in [0.05, 0.1) is 12.4 Å². The fourth-order valence-corrected chi connectivity index (χ4v) is 2.73. The van der Waals surface area contributed by atoms with E-state index >= 15 is 0 Å². The molecule has 0 unspecified atom stereocenters. The van der Waals surface area contributed by atoms with E-state index in [9.17, 15) is 4.79 Å². The maximum atomic E-state index is 12.3. The summed E-state index contributed by atoms with van der Waals surface area (Å²) in [5, 5.41) is 0.305. The number of carbonyl (C=O) groups is 1. The Bertz CT molecular complexity index is 548. The molecule has 23 heavy (non-hydrogen) atoms. The SMILES string of the molecule is C[C@H]1C[C@H](Oc2cncc(Cl)n2)CCCN1C(=O)OC(C)(C)C. The molecule has 2 atom stereocenters. The van der Waals surface area contributed by atoms with Gasteiger partial charge in [-0.05, 0) is 40.5 Å². The molecule has 7 heteroatoms. The predicted molar refractivity (Wildman–Crippen MR) is 87.7 cm³/mol. The summed E-state index contributed by atoms with van der Waals surface area (Å²) in [7, 11) is 0. The molecular formula is C16H24ClN3O3. The van der Waals surface area contributed by atoms with Gasteiger partial charge in [0.25, 0.3) is 0 Å². The summed E-state index contributed by atoms with van der Waals surface area (Å²) in [6, 6.07) is 0.0319. The van der Waals surface area contributed by atoms with Crippen LogP contribution in [0.15, 0.2) is 12.4 Å². The number of amides is 1. The van der Waals surface area contributed by atoms with Gasteiger partial charge >= 0.3 is 6.09 Å². The van der Waals surface area contributed by atoms with E-state index in [4.69, 9.17) is 21.1 Å². The van der Waals surface area contributed by atoms with Crippen molar-refractivity contribution in [2.24, 2.45) is 0 Å². The summed E-state index contributed by atoms with van der Waals surface area (Å²) < 4.78 is 11.4. The van der Waals surface area contributed by atoms with Gasteiger partial charge in [0.15, 0.2) is 5.15 Å². The third kappa shape index (κ3) is 5.53. The topological polar surface area (TPSA) is 64.6 Å². The predicted octanol–water partition coefficient (Wildman–Crippen LogP) is 3.69. The van der Waals surface area contributed by atoms with E-state index in [2.05, 4.69) is 9.97 Å². The fourth-order valence-electron chi connectivity index (χ4n) is 2.59. The van der Waals surface area contributed by atoms with Gasteiger partial charge in [-0.25, -0.2) is 4.79 Å². The minimum absolute atomic E-state index is 0.0230. The highest BCUT2D eigenvalue weighted by atomic mass is 35.5. The highest BCUT2D eigenvalue weighted by Crippen LogP contribution is 2.23. The summed E-state index contributed by atoms with van der Waals surface area (Å²) in [6.07, 6.45) is 5.13. The fraction of sp³-hybridized carbons (Fsp3) is 0.688. The first kappa shape index (κ1) is 17.8. The molecule has 1 fully saturated rings. The lowest BCUT2D eigenvalue weighted by molar-refractivity contribution is 0.0169. The van der Waals surface area contributed by atoms with Gasteiger partial charge in [-0.1, -0.05) is 11.6 Å². The van der Waals surface area contributed by atoms with Gasteiger partial charge in [-0.2, -0.15) is 4.98 Å². The van der Waals surface area contributed by atoms with Crippen LogP contribution in [0.3, 0.4) is 0 Å². The molecule has 0 bridgehead atoms. The zero-order valence-corrected chi connectivity index (χ0v) is 14.8. The van der Waals surface area contributed by atoms with Gasteiger partial charge in [-0.3, -0.25) is 4.98 Å². The number of ether oxygens (including phenoxy) is 2. The number of hydrogen-bond acceptors (Lipinski definition) is 5. The van der Waals surface area contributed by atoms with E-state index in [1.54, 1.807) is 11.1 Å². The van der Waals surface area contributed by atoms with Crippen molar-refractivity contribution in [1.82, 2.24) is 14.9 Å². The lowest BCUT2D eigenvalue weighted by Crippen LogP contribution is -2.42. The molecule has 2 rings (SSSR count). The standard InChI is InChI=1S/C16H24ClN3O3/c1-11-8-12(22-14-10-18-9-13(17)19-14)6-5-7-20(11)15(21)23-16(2,3)4/h9-12H,5-8H2,1-4H3/t11-,12+/m0/s1. The van der Waals surface area contributed by atoms with Gasteiger partial charge in [0.1, 0.15) is 11.7 Å². The van der Waals surface area contributed by atoms with Crippen LogP contribution in [-0.4, -0.2) is 45.3 Å². The molecule has 128 valence electrons. The number of aromatic nitrogens is 2. The summed E-state index contributed by atoms with van der Waals surface area (Å²) in [6.45, 7) is 8.29. The van der Waals surface area contributed by atoms with E-state index in [0.29, 0.717) is 24.0 Å². The first-order valence-corrected chi connectivity index (χ1v) is 8.26. The van der Waals surface area contributed by atoms with Crippen molar-refractivity contribution >= 4 is 17.7 Å². The molecule has 6 nitrogen and oxygen atoms in total. The van der Waals surface area contributed by atoms with Crippen molar-refractivity contribution in [1.29, 1.82) is 0 Å². The van der Waals surface area contributed by atoms with Crippen molar-refractivity contribution in [3.05, 3.63) is 17.5 Å². The largest absolute Gasteiger partial charge is 0.473 e. The Morgan fingerprint density at radius 1 is 1.39 bits per heavy atom. The highest BCUT2D eigenvalue weighted by molar-refractivity contribution is 6.29. The third-order valence-electron chi connectivity index (χ3n) is 3.56. The minimum atomic E-state index is -0.491. The molecule has 1 amide bonds. The monoisotopic (exact) mass is 341 g/mol. The van der Waals surface area contributed by atoms with Crippen molar-refractivity contribution < 1.29 is 14.3 Å². The van der Waals surface area contributed by atoms with Crippen molar-refractivity contribution in [3.63, 3.8) is 0 Å². The second kappa shape index (κ2) is 7.34. The van der Waals surface area contributed by atoms with Crippen LogP contribution in [0.25, 0.3) is 0 Å². The maximum Gasteiger partial charge on any atom is 0.410 e. The lowest BCUT2D eigenvalue weighted by Gasteiger charge is -2.30. The van der Waals surface area contributed by atoms with Crippen LogP contribution in [0, 0.1) is 0 Å². The van der Waals surface area contributed by atoms with Gasteiger partial charge in [0, 0.05) is 19.0 Å². The molecule has 0 saturated carbocycles. The summed E-state index contributed by atoms with van der Waals surface area (Å²) >= 11 is 5.83. The Kier molecular flexibility index (Phi) is 5.68. The summed E-state index contributed by atoms with van der Waals surface area (Å²) in [4.78, 5) is 22.2. The highest BCUT2D eigenvalue weighted by Gasteiger charge is 2.30. The molecule has 0 N–H and O–H groups in total. The number of halogens is 1. The molecule has 1 saturated heterocycles. The molecular weight excluding hydrogens is 318 g/mol. The lowest BCUT2D eigenvalue weighted by atomic mass is 10.1. The number of hydrogen-bond donors (Lipinski definition) is 0. The first-order valence-electron chi connectivity index (χ1n) is 7.88. The average Bonchev–Trinajstić information content (AvgIpc) is 2.58. The number of carbonyl (C=O) groups excluding carboxylic acids is 1.